The first-order valence-electron chi connectivity index (χ1n) is 8.25. The summed E-state index contributed by atoms with van der Waals surface area (Å²) in [6.07, 6.45) is -0.169. The Bertz CT molecular complexity index is 656. The lowest BCUT2D eigenvalue weighted by Crippen LogP contribution is -2.42. The lowest BCUT2D eigenvalue weighted by molar-refractivity contribution is -0.135. The molecule has 0 radical (unpaired) electrons. The van der Waals surface area contributed by atoms with E-state index in [2.05, 4.69) is 10.5 Å². The maximum absolute atomic E-state index is 12.9. The van der Waals surface area contributed by atoms with Gasteiger partial charge in [0.1, 0.15) is 5.82 Å². The van der Waals surface area contributed by atoms with E-state index in [0.717, 1.165) is 5.56 Å². The van der Waals surface area contributed by atoms with E-state index in [9.17, 15) is 14.0 Å². The molecule has 2 heterocycles. The van der Waals surface area contributed by atoms with Gasteiger partial charge in [-0.25, -0.2) is 4.39 Å². The Balaban J connectivity index is 1.41. The first-order chi connectivity index (χ1) is 12.1. The Morgan fingerprint density at radius 1 is 1.24 bits per heavy atom. The standard InChI is InChI=1S/C17H20FN3O4/c18-13-3-1-12(2-4-13)14-11-15(25-20-14)17(23)19-6-5-16(22)21-7-9-24-10-8-21/h1-4,15H,5-11H2,(H,19,23)/t15-/m0/s1. The van der Waals surface area contributed by atoms with Gasteiger partial charge in [-0.3, -0.25) is 9.59 Å². The molecule has 1 aromatic carbocycles. The average molecular weight is 349 g/mol. The number of morpholine rings is 1. The van der Waals surface area contributed by atoms with Crippen molar-refractivity contribution < 1.29 is 23.6 Å². The minimum atomic E-state index is -0.724. The predicted octanol–water partition coefficient (Wildman–Crippen LogP) is 0.684. The van der Waals surface area contributed by atoms with Gasteiger partial charge >= 0.3 is 0 Å². The van der Waals surface area contributed by atoms with E-state index in [-0.39, 0.29) is 30.6 Å². The van der Waals surface area contributed by atoms with Gasteiger partial charge in [0.25, 0.3) is 5.91 Å². The van der Waals surface area contributed by atoms with Crippen LogP contribution in [0.15, 0.2) is 29.4 Å². The SMILES string of the molecule is O=C(NCCC(=O)N1CCOCC1)[C@@H]1CC(c2ccc(F)cc2)=NO1. The summed E-state index contributed by atoms with van der Waals surface area (Å²) in [5, 5.41) is 6.60. The summed E-state index contributed by atoms with van der Waals surface area (Å²) in [7, 11) is 0. The Labute approximate surface area is 144 Å². The fourth-order valence-corrected chi connectivity index (χ4v) is 2.71. The van der Waals surface area contributed by atoms with Crippen molar-refractivity contribution in [2.45, 2.75) is 18.9 Å². The van der Waals surface area contributed by atoms with Crippen LogP contribution in [0.5, 0.6) is 0 Å². The molecule has 3 rings (SSSR count). The highest BCUT2D eigenvalue weighted by Gasteiger charge is 2.29. The van der Waals surface area contributed by atoms with E-state index < -0.39 is 6.10 Å². The highest BCUT2D eigenvalue weighted by Crippen LogP contribution is 2.17. The molecule has 1 aromatic rings. The zero-order valence-electron chi connectivity index (χ0n) is 13.7. The second-order valence-electron chi connectivity index (χ2n) is 5.88. The molecule has 0 unspecified atom stereocenters. The molecule has 1 saturated heterocycles. The van der Waals surface area contributed by atoms with E-state index in [1.807, 2.05) is 0 Å². The van der Waals surface area contributed by atoms with E-state index in [1.165, 1.54) is 12.1 Å². The summed E-state index contributed by atoms with van der Waals surface area (Å²) in [5.41, 5.74) is 1.32. The van der Waals surface area contributed by atoms with Gasteiger partial charge in [0.05, 0.1) is 18.9 Å². The van der Waals surface area contributed by atoms with Crippen LogP contribution in [0.4, 0.5) is 4.39 Å². The van der Waals surface area contributed by atoms with Crippen LogP contribution in [-0.4, -0.2) is 61.4 Å². The minimum absolute atomic E-state index is 0.000749. The maximum Gasteiger partial charge on any atom is 0.264 e. The number of hydrogen-bond donors (Lipinski definition) is 1. The van der Waals surface area contributed by atoms with Crippen LogP contribution in [0.3, 0.4) is 0 Å². The molecule has 0 spiro atoms. The number of hydrogen-bond acceptors (Lipinski definition) is 5. The number of amides is 2. The third-order valence-electron chi connectivity index (χ3n) is 4.14. The molecule has 2 aliphatic heterocycles. The highest BCUT2D eigenvalue weighted by atomic mass is 19.1. The van der Waals surface area contributed by atoms with E-state index in [4.69, 9.17) is 9.57 Å². The molecule has 1 atom stereocenters. The van der Waals surface area contributed by atoms with Crippen molar-refractivity contribution in [2.75, 3.05) is 32.8 Å². The topological polar surface area (TPSA) is 80.2 Å². The average Bonchev–Trinajstić information content (AvgIpc) is 3.13. The van der Waals surface area contributed by atoms with Gasteiger partial charge in [-0.05, 0) is 17.7 Å². The molecule has 0 saturated carbocycles. The Kier molecular flexibility index (Phi) is 5.60. The van der Waals surface area contributed by atoms with Crippen LogP contribution in [0.1, 0.15) is 18.4 Å². The lowest BCUT2D eigenvalue weighted by Gasteiger charge is -2.26. The van der Waals surface area contributed by atoms with Crippen LogP contribution in [-0.2, 0) is 19.2 Å². The largest absolute Gasteiger partial charge is 0.382 e. The van der Waals surface area contributed by atoms with Crippen molar-refractivity contribution in [1.29, 1.82) is 0 Å². The van der Waals surface area contributed by atoms with Gasteiger partial charge in [0.2, 0.25) is 12.0 Å². The van der Waals surface area contributed by atoms with Crippen LogP contribution in [0, 0.1) is 5.82 Å². The van der Waals surface area contributed by atoms with Crippen molar-refractivity contribution in [3.63, 3.8) is 0 Å². The number of oxime groups is 1. The summed E-state index contributed by atoms with van der Waals surface area (Å²) in [6, 6.07) is 5.86. The number of ether oxygens (including phenoxy) is 1. The molecule has 134 valence electrons. The van der Waals surface area contributed by atoms with Crippen molar-refractivity contribution in [1.82, 2.24) is 10.2 Å². The van der Waals surface area contributed by atoms with Crippen molar-refractivity contribution in [2.24, 2.45) is 5.16 Å². The van der Waals surface area contributed by atoms with E-state index in [0.29, 0.717) is 38.4 Å². The van der Waals surface area contributed by atoms with Gasteiger partial charge in [0.15, 0.2) is 0 Å². The molecule has 2 aliphatic rings. The molecular formula is C17H20FN3O4. The third kappa shape index (κ3) is 4.54. The number of nitrogens with zero attached hydrogens (tertiary/aromatic N) is 2. The van der Waals surface area contributed by atoms with Gasteiger partial charge < -0.3 is 19.8 Å². The molecule has 0 bridgehead atoms. The predicted molar refractivity (Wildman–Crippen MR) is 87.5 cm³/mol. The molecule has 2 amide bonds. The monoisotopic (exact) mass is 349 g/mol. The minimum Gasteiger partial charge on any atom is -0.382 e. The second kappa shape index (κ2) is 8.06. The third-order valence-corrected chi connectivity index (χ3v) is 4.14. The molecule has 25 heavy (non-hydrogen) atoms. The Hall–Kier alpha value is -2.48. The first kappa shape index (κ1) is 17.3. The number of nitrogens with one attached hydrogen (secondary N) is 1. The van der Waals surface area contributed by atoms with E-state index >= 15 is 0 Å². The number of halogens is 1. The number of rotatable bonds is 5. The summed E-state index contributed by atoms with van der Waals surface area (Å²) in [6.45, 7) is 2.54. The molecule has 1 N–H and O–H groups in total. The van der Waals surface area contributed by atoms with Crippen LogP contribution in [0.2, 0.25) is 0 Å². The quantitative estimate of drug-likeness (QED) is 0.848. The molecule has 7 nitrogen and oxygen atoms in total. The highest BCUT2D eigenvalue weighted by molar-refractivity contribution is 6.04. The van der Waals surface area contributed by atoms with Crippen LogP contribution >= 0.6 is 0 Å². The second-order valence-corrected chi connectivity index (χ2v) is 5.88. The zero-order chi connectivity index (χ0) is 17.6. The van der Waals surface area contributed by atoms with Gasteiger partial charge in [-0.15, -0.1) is 0 Å². The summed E-state index contributed by atoms with van der Waals surface area (Å²) < 4.78 is 18.1. The Morgan fingerprint density at radius 2 is 1.96 bits per heavy atom. The van der Waals surface area contributed by atoms with Gasteiger partial charge in [0, 0.05) is 32.5 Å². The number of carbonyl (C=O) groups excluding carboxylic acids is 2. The maximum atomic E-state index is 12.9. The fraction of sp³-hybridized carbons (Fsp3) is 0.471. The molecule has 0 aromatic heterocycles. The first-order valence-corrected chi connectivity index (χ1v) is 8.25. The van der Waals surface area contributed by atoms with E-state index in [1.54, 1.807) is 17.0 Å². The summed E-state index contributed by atoms with van der Waals surface area (Å²) in [5.74, 6) is -0.641. The van der Waals surface area contributed by atoms with Crippen molar-refractivity contribution >= 4 is 17.5 Å². The van der Waals surface area contributed by atoms with Gasteiger partial charge in [-0.2, -0.15) is 0 Å². The normalized spacial score (nSPS) is 20.0. The van der Waals surface area contributed by atoms with Crippen molar-refractivity contribution in [3.8, 4) is 0 Å². The van der Waals surface area contributed by atoms with Crippen LogP contribution < -0.4 is 5.32 Å². The van der Waals surface area contributed by atoms with Crippen molar-refractivity contribution in [3.05, 3.63) is 35.6 Å². The smallest absolute Gasteiger partial charge is 0.264 e. The number of benzene rings is 1. The molecule has 1 fully saturated rings. The molecule has 0 aliphatic carbocycles. The molecule has 8 heteroatoms. The fourth-order valence-electron chi connectivity index (χ4n) is 2.71. The van der Waals surface area contributed by atoms with Gasteiger partial charge in [-0.1, -0.05) is 17.3 Å². The zero-order valence-corrected chi connectivity index (χ0v) is 13.7. The Morgan fingerprint density at radius 3 is 2.68 bits per heavy atom. The summed E-state index contributed by atoms with van der Waals surface area (Å²) >= 11 is 0. The lowest BCUT2D eigenvalue weighted by atomic mass is 10.0. The molecular weight excluding hydrogens is 329 g/mol. The van der Waals surface area contributed by atoms with Crippen LogP contribution in [0.25, 0.3) is 0 Å². The number of carbonyl (C=O) groups is 2. The summed E-state index contributed by atoms with van der Waals surface area (Å²) in [4.78, 5) is 31.0.